The third-order valence-corrected chi connectivity index (χ3v) is 5.16. The highest BCUT2D eigenvalue weighted by Crippen LogP contribution is 2.35. The lowest BCUT2D eigenvalue weighted by Gasteiger charge is -2.19. The van der Waals surface area contributed by atoms with Gasteiger partial charge in [-0.3, -0.25) is 19.3 Å². The zero-order valence-corrected chi connectivity index (χ0v) is 16.0. The van der Waals surface area contributed by atoms with Crippen LogP contribution in [0.25, 0.3) is 0 Å². The summed E-state index contributed by atoms with van der Waals surface area (Å²) in [5.41, 5.74) is -0.423. The quantitative estimate of drug-likeness (QED) is 0.404. The van der Waals surface area contributed by atoms with Gasteiger partial charge in [-0.05, 0) is 31.4 Å². The molecule has 2 N–H and O–H groups in total. The van der Waals surface area contributed by atoms with Gasteiger partial charge in [-0.2, -0.15) is 0 Å². The zero-order chi connectivity index (χ0) is 20.1. The number of urea groups is 1. The summed E-state index contributed by atoms with van der Waals surface area (Å²) < 4.78 is 4.91. The number of rotatable bonds is 7. The van der Waals surface area contributed by atoms with Gasteiger partial charge in [0, 0.05) is 19.2 Å². The second kappa shape index (κ2) is 8.55. The van der Waals surface area contributed by atoms with Crippen molar-refractivity contribution in [2.75, 3.05) is 18.5 Å². The first-order valence-corrected chi connectivity index (χ1v) is 9.49. The van der Waals surface area contributed by atoms with E-state index in [1.54, 1.807) is 12.1 Å². The number of pyridine rings is 1. The van der Waals surface area contributed by atoms with Crippen LogP contribution in [0.3, 0.4) is 0 Å². The lowest BCUT2D eigenvalue weighted by atomic mass is 9.98. The highest BCUT2D eigenvalue weighted by atomic mass is 35.5. The number of halogens is 1. The summed E-state index contributed by atoms with van der Waals surface area (Å²) in [4.78, 5) is 53.1. The maximum Gasteiger partial charge on any atom is 0.325 e. The van der Waals surface area contributed by atoms with Gasteiger partial charge in [0.25, 0.3) is 11.8 Å². The van der Waals surface area contributed by atoms with Gasteiger partial charge in [-0.25, -0.2) is 9.78 Å². The molecular formula is C18H21ClN4O5. The predicted molar refractivity (Wildman–Crippen MR) is 99.5 cm³/mol. The van der Waals surface area contributed by atoms with Crippen LogP contribution in [0.1, 0.15) is 38.5 Å². The zero-order valence-electron chi connectivity index (χ0n) is 15.2. The third-order valence-electron chi connectivity index (χ3n) is 4.86. The average molecular weight is 409 g/mol. The van der Waals surface area contributed by atoms with E-state index in [1.807, 2.05) is 0 Å². The Hall–Kier alpha value is -2.68. The van der Waals surface area contributed by atoms with Crippen LogP contribution in [0.5, 0.6) is 0 Å². The fraction of sp³-hybridized carbons (Fsp3) is 0.500. The molecule has 1 aromatic rings. The molecule has 10 heteroatoms. The lowest BCUT2D eigenvalue weighted by Crippen LogP contribution is -2.44. The SMILES string of the molecule is O=C(COC(=O)CCCN1C(=O)NC2(CCCC2)C1=O)Nc1cccnc1Cl. The van der Waals surface area contributed by atoms with E-state index in [4.69, 9.17) is 16.3 Å². The molecule has 0 radical (unpaired) electrons. The van der Waals surface area contributed by atoms with Gasteiger partial charge in [-0.1, -0.05) is 24.4 Å². The molecule has 0 atom stereocenters. The number of ether oxygens (including phenoxy) is 1. The van der Waals surface area contributed by atoms with Crippen molar-refractivity contribution in [2.24, 2.45) is 0 Å². The van der Waals surface area contributed by atoms with E-state index in [-0.39, 0.29) is 30.4 Å². The Balaban J connectivity index is 1.38. The number of aromatic nitrogens is 1. The third kappa shape index (κ3) is 4.41. The second-order valence-electron chi connectivity index (χ2n) is 6.83. The molecule has 1 aromatic heterocycles. The number of nitrogens with one attached hydrogen (secondary N) is 2. The molecule has 1 saturated heterocycles. The number of nitrogens with zero attached hydrogens (tertiary/aromatic N) is 2. The van der Waals surface area contributed by atoms with Gasteiger partial charge < -0.3 is 15.4 Å². The smallest absolute Gasteiger partial charge is 0.325 e. The summed E-state index contributed by atoms with van der Waals surface area (Å²) in [6.07, 6.45) is 4.89. The number of amides is 4. The minimum atomic E-state index is -0.747. The first-order valence-electron chi connectivity index (χ1n) is 9.11. The van der Waals surface area contributed by atoms with Gasteiger partial charge >= 0.3 is 12.0 Å². The van der Waals surface area contributed by atoms with Crippen LogP contribution in [-0.4, -0.2) is 52.4 Å². The van der Waals surface area contributed by atoms with Crippen LogP contribution < -0.4 is 10.6 Å². The fourth-order valence-corrected chi connectivity index (χ4v) is 3.63. The minimum absolute atomic E-state index is 0.00894. The average Bonchev–Trinajstić information content (AvgIpc) is 3.22. The van der Waals surface area contributed by atoms with E-state index in [9.17, 15) is 19.2 Å². The summed E-state index contributed by atoms with van der Waals surface area (Å²) in [7, 11) is 0. The molecule has 150 valence electrons. The number of carbonyl (C=O) groups excluding carboxylic acids is 4. The molecule has 1 spiro atoms. The van der Waals surface area contributed by atoms with E-state index in [0.717, 1.165) is 17.7 Å². The highest BCUT2D eigenvalue weighted by molar-refractivity contribution is 6.32. The predicted octanol–water partition coefficient (Wildman–Crippen LogP) is 1.86. The summed E-state index contributed by atoms with van der Waals surface area (Å²) in [6.45, 7) is -0.324. The van der Waals surface area contributed by atoms with Crippen LogP contribution in [-0.2, 0) is 19.1 Å². The van der Waals surface area contributed by atoms with Crippen LogP contribution >= 0.6 is 11.6 Å². The molecule has 0 aromatic carbocycles. The van der Waals surface area contributed by atoms with Crippen molar-refractivity contribution < 1.29 is 23.9 Å². The minimum Gasteiger partial charge on any atom is -0.456 e. The Bertz CT molecular complexity index is 794. The molecule has 0 unspecified atom stereocenters. The first-order chi connectivity index (χ1) is 13.4. The molecule has 2 heterocycles. The summed E-state index contributed by atoms with van der Waals surface area (Å²) in [5.74, 6) is -1.34. The number of esters is 1. The summed E-state index contributed by atoms with van der Waals surface area (Å²) in [5, 5.41) is 5.41. The van der Waals surface area contributed by atoms with Crippen molar-refractivity contribution in [1.29, 1.82) is 0 Å². The summed E-state index contributed by atoms with van der Waals surface area (Å²) in [6, 6.07) is 2.77. The number of anilines is 1. The molecule has 1 aliphatic carbocycles. The second-order valence-corrected chi connectivity index (χ2v) is 7.19. The van der Waals surface area contributed by atoms with E-state index >= 15 is 0 Å². The molecule has 2 aliphatic rings. The van der Waals surface area contributed by atoms with Crippen molar-refractivity contribution in [3.05, 3.63) is 23.5 Å². The van der Waals surface area contributed by atoms with Gasteiger partial charge in [-0.15, -0.1) is 0 Å². The van der Waals surface area contributed by atoms with Crippen LogP contribution in [0, 0.1) is 0 Å². The van der Waals surface area contributed by atoms with E-state index in [2.05, 4.69) is 15.6 Å². The van der Waals surface area contributed by atoms with Crippen molar-refractivity contribution in [3.63, 3.8) is 0 Å². The highest BCUT2D eigenvalue weighted by Gasteiger charge is 2.52. The molecule has 28 heavy (non-hydrogen) atoms. The molecule has 9 nitrogen and oxygen atoms in total. The van der Waals surface area contributed by atoms with Crippen molar-refractivity contribution in [2.45, 2.75) is 44.1 Å². The van der Waals surface area contributed by atoms with Crippen LogP contribution in [0.15, 0.2) is 18.3 Å². The van der Waals surface area contributed by atoms with Gasteiger partial charge in [0.1, 0.15) is 5.54 Å². The number of hydrogen-bond acceptors (Lipinski definition) is 6. The Labute approximate surface area is 166 Å². The van der Waals surface area contributed by atoms with Crippen molar-refractivity contribution in [3.8, 4) is 0 Å². The Morgan fingerprint density at radius 1 is 1.32 bits per heavy atom. The number of imide groups is 1. The summed E-state index contributed by atoms with van der Waals surface area (Å²) >= 11 is 5.83. The molecule has 4 amide bonds. The molecule has 1 aliphatic heterocycles. The van der Waals surface area contributed by atoms with Gasteiger partial charge in [0.2, 0.25) is 0 Å². The number of hydrogen-bond donors (Lipinski definition) is 2. The monoisotopic (exact) mass is 408 g/mol. The maximum absolute atomic E-state index is 12.5. The molecule has 1 saturated carbocycles. The van der Waals surface area contributed by atoms with Crippen molar-refractivity contribution >= 4 is 41.1 Å². The lowest BCUT2D eigenvalue weighted by molar-refractivity contribution is -0.147. The Morgan fingerprint density at radius 2 is 2.07 bits per heavy atom. The Morgan fingerprint density at radius 3 is 2.79 bits per heavy atom. The Kier molecular flexibility index (Phi) is 6.13. The molecule has 3 rings (SSSR count). The van der Waals surface area contributed by atoms with Gasteiger partial charge in [0.15, 0.2) is 11.8 Å². The standard InChI is InChI=1S/C18H21ClN4O5/c19-15-12(5-3-9-20-15)21-13(24)11-28-14(25)6-4-10-23-16(26)18(22-17(23)27)7-1-2-8-18/h3,5,9H,1-2,4,6-8,10-11H2,(H,21,24)(H,22,27). The molecule has 2 fully saturated rings. The van der Waals surface area contributed by atoms with E-state index in [0.29, 0.717) is 18.5 Å². The molecule has 0 bridgehead atoms. The van der Waals surface area contributed by atoms with E-state index < -0.39 is 30.1 Å². The number of carbonyl (C=O) groups is 4. The van der Waals surface area contributed by atoms with Crippen LogP contribution in [0.4, 0.5) is 10.5 Å². The van der Waals surface area contributed by atoms with E-state index in [1.165, 1.54) is 6.20 Å². The fourth-order valence-electron chi connectivity index (χ4n) is 3.46. The van der Waals surface area contributed by atoms with Crippen molar-refractivity contribution in [1.82, 2.24) is 15.2 Å². The largest absolute Gasteiger partial charge is 0.456 e. The normalized spacial score (nSPS) is 17.7. The molecular weight excluding hydrogens is 388 g/mol. The van der Waals surface area contributed by atoms with Crippen LogP contribution in [0.2, 0.25) is 5.15 Å². The first kappa shape index (κ1) is 20.1. The maximum atomic E-state index is 12.5. The topological polar surface area (TPSA) is 118 Å². The van der Waals surface area contributed by atoms with Gasteiger partial charge in [0.05, 0.1) is 5.69 Å².